The fourth-order valence-electron chi connectivity index (χ4n) is 3.03. The van der Waals surface area contributed by atoms with Crippen LogP contribution in [-0.4, -0.2) is 19.8 Å². The van der Waals surface area contributed by atoms with Crippen LogP contribution in [0.4, 0.5) is 5.69 Å². The van der Waals surface area contributed by atoms with E-state index in [2.05, 4.69) is 25.2 Å². The van der Waals surface area contributed by atoms with Crippen LogP contribution in [0, 0.1) is 11.8 Å². The number of nitrogens with one attached hydrogen (secondary N) is 1. The summed E-state index contributed by atoms with van der Waals surface area (Å²) >= 11 is 0. The highest BCUT2D eigenvalue weighted by Crippen LogP contribution is 2.34. The Balaban J connectivity index is 2.10. The highest BCUT2D eigenvalue weighted by Gasteiger charge is 2.26. The summed E-state index contributed by atoms with van der Waals surface area (Å²) in [6.45, 7) is 7.35. The number of rotatable bonds is 5. The van der Waals surface area contributed by atoms with Gasteiger partial charge in [-0.1, -0.05) is 26.7 Å². The van der Waals surface area contributed by atoms with Crippen LogP contribution in [0.2, 0.25) is 0 Å². The molecule has 1 aliphatic carbocycles. The molecule has 1 fully saturated rings. The van der Waals surface area contributed by atoms with E-state index in [-0.39, 0.29) is 0 Å². The zero-order chi connectivity index (χ0) is 14.5. The second-order valence-electron chi connectivity index (χ2n) is 5.82. The Labute approximate surface area is 122 Å². The van der Waals surface area contributed by atoms with Crippen molar-refractivity contribution in [2.75, 3.05) is 19.0 Å². The van der Waals surface area contributed by atoms with Gasteiger partial charge in [-0.05, 0) is 37.3 Å². The Kier molecular flexibility index (Phi) is 5.16. The molecular formula is C17H27NO2. The van der Waals surface area contributed by atoms with E-state index < -0.39 is 0 Å². The Bertz CT molecular complexity index is 433. The lowest BCUT2D eigenvalue weighted by Crippen LogP contribution is -2.34. The van der Waals surface area contributed by atoms with Crippen molar-refractivity contribution < 1.29 is 9.47 Å². The van der Waals surface area contributed by atoms with Gasteiger partial charge in [0.2, 0.25) is 0 Å². The van der Waals surface area contributed by atoms with Crippen LogP contribution < -0.4 is 14.8 Å². The molecule has 1 aromatic rings. The molecule has 3 heteroatoms. The maximum atomic E-state index is 5.64. The van der Waals surface area contributed by atoms with E-state index in [0.717, 1.165) is 23.1 Å². The van der Waals surface area contributed by atoms with Gasteiger partial charge in [0.1, 0.15) is 0 Å². The summed E-state index contributed by atoms with van der Waals surface area (Å²) in [6, 6.07) is 6.66. The van der Waals surface area contributed by atoms with E-state index in [9.17, 15) is 0 Å². The van der Waals surface area contributed by atoms with Crippen molar-refractivity contribution in [2.24, 2.45) is 11.8 Å². The molecule has 2 rings (SSSR count). The van der Waals surface area contributed by atoms with Crippen LogP contribution in [-0.2, 0) is 0 Å². The molecule has 0 aliphatic heterocycles. The van der Waals surface area contributed by atoms with Gasteiger partial charge < -0.3 is 14.8 Å². The largest absolute Gasteiger partial charge is 0.493 e. The van der Waals surface area contributed by atoms with E-state index in [1.165, 1.54) is 19.3 Å². The SMILES string of the molecule is CCOc1cc(NC2CCCC(C)C2C)ccc1OC. The molecule has 112 valence electrons. The molecule has 3 atom stereocenters. The van der Waals surface area contributed by atoms with Crippen molar-refractivity contribution in [3.05, 3.63) is 18.2 Å². The predicted octanol–water partition coefficient (Wildman–Crippen LogP) is 4.33. The molecule has 3 unspecified atom stereocenters. The topological polar surface area (TPSA) is 30.5 Å². The minimum Gasteiger partial charge on any atom is -0.493 e. The van der Waals surface area contributed by atoms with Crippen LogP contribution in [0.1, 0.15) is 40.0 Å². The zero-order valence-corrected chi connectivity index (χ0v) is 13.1. The summed E-state index contributed by atoms with van der Waals surface area (Å²) in [6.07, 6.45) is 3.92. The second-order valence-corrected chi connectivity index (χ2v) is 5.82. The monoisotopic (exact) mass is 277 g/mol. The lowest BCUT2D eigenvalue weighted by atomic mass is 9.78. The third-order valence-corrected chi connectivity index (χ3v) is 4.52. The van der Waals surface area contributed by atoms with Gasteiger partial charge in [0.25, 0.3) is 0 Å². The molecule has 3 nitrogen and oxygen atoms in total. The Hall–Kier alpha value is -1.38. The average Bonchev–Trinajstić information content (AvgIpc) is 2.45. The molecule has 1 N–H and O–H groups in total. The predicted molar refractivity (Wildman–Crippen MR) is 83.8 cm³/mol. The van der Waals surface area contributed by atoms with E-state index in [1.807, 2.05) is 19.1 Å². The van der Waals surface area contributed by atoms with Crippen molar-refractivity contribution in [1.82, 2.24) is 0 Å². The number of ether oxygens (including phenoxy) is 2. The summed E-state index contributed by atoms with van der Waals surface area (Å²) in [5, 5.41) is 3.68. The number of hydrogen-bond acceptors (Lipinski definition) is 3. The normalized spacial score (nSPS) is 26.1. The van der Waals surface area contributed by atoms with Gasteiger partial charge in [0.15, 0.2) is 11.5 Å². The van der Waals surface area contributed by atoms with Crippen LogP contribution in [0.5, 0.6) is 11.5 Å². The Morgan fingerprint density at radius 1 is 1.20 bits per heavy atom. The number of anilines is 1. The molecule has 1 aromatic carbocycles. The highest BCUT2D eigenvalue weighted by molar-refractivity contribution is 5.55. The molecular weight excluding hydrogens is 250 g/mol. The van der Waals surface area contributed by atoms with Gasteiger partial charge in [0, 0.05) is 17.8 Å². The van der Waals surface area contributed by atoms with Gasteiger partial charge in [0.05, 0.1) is 13.7 Å². The molecule has 0 heterocycles. The van der Waals surface area contributed by atoms with Gasteiger partial charge in [-0.3, -0.25) is 0 Å². The maximum Gasteiger partial charge on any atom is 0.163 e. The van der Waals surface area contributed by atoms with Crippen molar-refractivity contribution in [3.8, 4) is 11.5 Å². The van der Waals surface area contributed by atoms with Crippen molar-refractivity contribution in [1.29, 1.82) is 0 Å². The van der Waals surface area contributed by atoms with E-state index in [4.69, 9.17) is 9.47 Å². The van der Waals surface area contributed by atoms with Crippen LogP contribution in [0.3, 0.4) is 0 Å². The quantitative estimate of drug-likeness (QED) is 0.869. The third-order valence-electron chi connectivity index (χ3n) is 4.52. The summed E-state index contributed by atoms with van der Waals surface area (Å²) in [7, 11) is 1.68. The minimum absolute atomic E-state index is 0.557. The van der Waals surface area contributed by atoms with Crippen LogP contribution in [0.25, 0.3) is 0 Å². The second kappa shape index (κ2) is 6.87. The average molecular weight is 277 g/mol. The Morgan fingerprint density at radius 3 is 2.70 bits per heavy atom. The van der Waals surface area contributed by atoms with Gasteiger partial charge >= 0.3 is 0 Å². The molecule has 0 bridgehead atoms. The minimum atomic E-state index is 0.557. The van der Waals surface area contributed by atoms with Gasteiger partial charge in [-0.25, -0.2) is 0 Å². The lowest BCUT2D eigenvalue weighted by molar-refractivity contribution is 0.253. The molecule has 0 aromatic heterocycles. The van der Waals surface area contributed by atoms with Crippen LogP contribution in [0.15, 0.2) is 18.2 Å². The first-order chi connectivity index (χ1) is 9.65. The summed E-state index contributed by atoms with van der Waals surface area (Å²) in [4.78, 5) is 0. The van der Waals surface area contributed by atoms with Gasteiger partial charge in [-0.2, -0.15) is 0 Å². The third kappa shape index (κ3) is 3.38. The molecule has 0 saturated heterocycles. The molecule has 0 radical (unpaired) electrons. The van der Waals surface area contributed by atoms with Crippen molar-refractivity contribution >= 4 is 5.69 Å². The van der Waals surface area contributed by atoms with E-state index >= 15 is 0 Å². The standard InChI is InChI=1S/C17H27NO2/c1-5-20-17-11-14(9-10-16(17)19-4)18-15-8-6-7-12(2)13(15)3/h9-13,15,18H,5-8H2,1-4H3. The fourth-order valence-corrected chi connectivity index (χ4v) is 3.03. The Morgan fingerprint density at radius 2 is 2.00 bits per heavy atom. The molecule has 1 saturated carbocycles. The number of hydrogen-bond donors (Lipinski definition) is 1. The summed E-state index contributed by atoms with van der Waals surface area (Å²) < 4.78 is 11.0. The lowest BCUT2D eigenvalue weighted by Gasteiger charge is -2.35. The van der Waals surface area contributed by atoms with Crippen LogP contribution >= 0.6 is 0 Å². The van der Waals surface area contributed by atoms with Crippen molar-refractivity contribution in [2.45, 2.75) is 46.1 Å². The maximum absolute atomic E-state index is 5.64. The highest BCUT2D eigenvalue weighted by atomic mass is 16.5. The number of methoxy groups -OCH3 is 1. The summed E-state index contributed by atoms with van der Waals surface area (Å²) in [5.41, 5.74) is 1.13. The first-order valence-electron chi connectivity index (χ1n) is 7.73. The molecule has 0 spiro atoms. The number of benzene rings is 1. The molecule has 20 heavy (non-hydrogen) atoms. The first kappa shape index (κ1) is 15.0. The van der Waals surface area contributed by atoms with Gasteiger partial charge in [-0.15, -0.1) is 0 Å². The van der Waals surface area contributed by atoms with E-state index in [1.54, 1.807) is 7.11 Å². The molecule has 0 amide bonds. The fraction of sp³-hybridized carbons (Fsp3) is 0.647. The van der Waals surface area contributed by atoms with Crippen molar-refractivity contribution in [3.63, 3.8) is 0 Å². The molecule has 1 aliphatic rings. The van der Waals surface area contributed by atoms with E-state index in [0.29, 0.717) is 18.6 Å². The zero-order valence-electron chi connectivity index (χ0n) is 13.1. The summed E-state index contributed by atoms with van der Waals surface area (Å²) in [5.74, 6) is 3.12. The smallest absolute Gasteiger partial charge is 0.163 e. The first-order valence-corrected chi connectivity index (χ1v) is 7.73.